The van der Waals surface area contributed by atoms with Gasteiger partial charge in [-0.05, 0) is 26.3 Å². The molecule has 0 aliphatic heterocycles. The number of rotatable bonds is 2. The Bertz CT molecular complexity index is 616. The zero-order chi connectivity index (χ0) is 13.3. The first-order chi connectivity index (χ1) is 8.56. The summed E-state index contributed by atoms with van der Waals surface area (Å²) in [4.78, 5) is 4.12. The Hall–Kier alpha value is -2.44. The van der Waals surface area contributed by atoms with Gasteiger partial charge in [0.25, 0.3) is 0 Å². The number of amidine groups is 1. The minimum atomic E-state index is 0.00796. The second-order valence-corrected chi connectivity index (χ2v) is 3.94. The molecular weight excluding hydrogens is 232 g/mol. The van der Waals surface area contributed by atoms with E-state index in [-0.39, 0.29) is 5.84 Å². The van der Waals surface area contributed by atoms with E-state index in [2.05, 4.69) is 20.3 Å². The van der Waals surface area contributed by atoms with Gasteiger partial charge in [-0.1, -0.05) is 5.16 Å². The maximum Gasteiger partial charge on any atom is 0.174 e. The summed E-state index contributed by atoms with van der Waals surface area (Å²) < 4.78 is 1.74. The van der Waals surface area contributed by atoms with Gasteiger partial charge in [0.05, 0.1) is 11.3 Å². The van der Waals surface area contributed by atoms with Crippen LogP contribution in [0.4, 0.5) is 0 Å². The third-order valence-electron chi connectivity index (χ3n) is 2.85. The highest BCUT2D eigenvalue weighted by atomic mass is 16.4. The smallest absolute Gasteiger partial charge is 0.174 e. The van der Waals surface area contributed by atoms with Gasteiger partial charge in [-0.25, -0.2) is 4.98 Å². The maximum absolute atomic E-state index is 8.88. The quantitative estimate of drug-likeness (QED) is 0.351. The van der Waals surface area contributed by atoms with Gasteiger partial charge in [-0.2, -0.15) is 5.10 Å². The van der Waals surface area contributed by atoms with E-state index in [1.54, 1.807) is 17.0 Å². The molecule has 7 nitrogen and oxygen atoms in total. The topological polar surface area (TPSA) is 102 Å². The van der Waals surface area contributed by atoms with Crippen molar-refractivity contribution in [2.75, 3.05) is 0 Å². The second kappa shape index (κ2) is 4.44. The molecule has 18 heavy (non-hydrogen) atoms. The van der Waals surface area contributed by atoms with Crippen molar-refractivity contribution in [3.63, 3.8) is 0 Å². The fourth-order valence-corrected chi connectivity index (χ4v) is 1.72. The van der Waals surface area contributed by atoms with Crippen LogP contribution in [0.2, 0.25) is 0 Å². The number of hydrogen-bond acceptors (Lipinski definition) is 5. The van der Waals surface area contributed by atoms with Gasteiger partial charge in [0.15, 0.2) is 11.7 Å². The van der Waals surface area contributed by atoms with Crippen molar-refractivity contribution in [3.05, 3.63) is 35.0 Å². The van der Waals surface area contributed by atoms with Crippen molar-refractivity contribution in [2.45, 2.75) is 20.8 Å². The molecule has 2 heterocycles. The van der Waals surface area contributed by atoms with Crippen LogP contribution in [0.25, 0.3) is 5.82 Å². The Morgan fingerprint density at radius 3 is 2.61 bits per heavy atom. The van der Waals surface area contributed by atoms with Crippen LogP contribution in [0.1, 0.15) is 22.6 Å². The number of oxime groups is 1. The van der Waals surface area contributed by atoms with Crippen molar-refractivity contribution in [2.24, 2.45) is 10.9 Å². The molecule has 0 aromatic carbocycles. The third kappa shape index (κ3) is 1.79. The normalized spacial score (nSPS) is 11.8. The van der Waals surface area contributed by atoms with Crippen LogP contribution in [0, 0.1) is 20.8 Å². The van der Waals surface area contributed by atoms with Gasteiger partial charge >= 0.3 is 0 Å². The van der Waals surface area contributed by atoms with Gasteiger partial charge < -0.3 is 10.9 Å². The summed E-state index contributed by atoms with van der Waals surface area (Å²) in [6, 6.07) is 0. The van der Waals surface area contributed by atoms with E-state index in [4.69, 9.17) is 10.9 Å². The minimum Gasteiger partial charge on any atom is -0.409 e. The highest BCUT2D eigenvalue weighted by molar-refractivity contribution is 6.01. The third-order valence-corrected chi connectivity index (χ3v) is 2.85. The maximum atomic E-state index is 8.88. The Labute approximate surface area is 104 Å². The average molecular weight is 246 g/mol. The van der Waals surface area contributed by atoms with E-state index in [1.165, 1.54) is 0 Å². The number of nitrogens with two attached hydrogens (primary N) is 1. The first kappa shape index (κ1) is 12.0. The van der Waals surface area contributed by atoms with Gasteiger partial charge in [-0.3, -0.25) is 4.57 Å². The summed E-state index contributed by atoms with van der Waals surface area (Å²) in [5, 5.41) is 20.1. The van der Waals surface area contributed by atoms with E-state index >= 15 is 0 Å². The van der Waals surface area contributed by atoms with Crippen molar-refractivity contribution < 1.29 is 5.21 Å². The van der Waals surface area contributed by atoms with Gasteiger partial charge in [-0.15, -0.1) is 5.10 Å². The van der Waals surface area contributed by atoms with Crippen LogP contribution in [0.15, 0.2) is 17.5 Å². The van der Waals surface area contributed by atoms with Gasteiger partial charge in [0, 0.05) is 12.4 Å². The Kier molecular flexibility index (Phi) is 2.97. The summed E-state index contributed by atoms with van der Waals surface area (Å²) in [5.41, 5.74) is 7.84. The summed E-state index contributed by atoms with van der Waals surface area (Å²) >= 11 is 0. The van der Waals surface area contributed by atoms with E-state index in [0.717, 1.165) is 17.1 Å². The number of aromatic nitrogens is 4. The summed E-state index contributed by atoms with van der Waals surface area (Å²) in [7, 11) is 0. The zero-order valence-electron chi connectivity index (χ0n) is 10.4. The van der Waals surface area contributed by atoms with Crippen LogP contribution in [-0.2, 0) is 0 Å². The minimum absolute atomic E-state index is 0.00796. The van der Waals surface area contributed by atoms with Crippen molar-refractivity contribution in [3.8, 4) is 5.82 Å². The largest absolute Gasteiger partial charge is 0.409 e. The van der Waals surface area contributed by atoms with Gasteiger partial charge in [0.2, 0.25) is 0 Å². The van der Waals surface area contributed by atoms with Crippen LogP contribution in [0.3, 0.4) is 0 Å². The predicted octanol–water partition coefficient (Wildman–Crippen LogP) is 0.682. The second-order valence-electron chi connectivity index (χ2n) is 3.94. The molecule has 0 unspecified atom stereocenters. The Morgan fingerprint density at radius 1 is 1.33 bits per heavy atom. The molecule has 94 valence electrons. The lowest BCUT2D eigenvalue weighted by molar-refractivity contribution is 0.318. The monoisotopic (exact) mass is 246 g/mol. The molecule has 0 aliphatic rings. The molecular formula is C11H14N6O. The molecule has 0 saturated carbocycles. The molecule has 2 rings (SSSR count). The van der Waals surface area contributed by atoms with Crippen LogP contribution in [0.5, 0.6) is 0 Å². The molecule has 0 radical (unpaired) electrons. The van der Waals surface area contributed by atoms with Crippen LogP contribution < -0.4 is 5.73 Å². The molecule has 7 heteroatoms. The molecule has 0 aliphatic carbocycles. The summed E-state index contributed by atoms with van der Waals surface area (Å²) in [5.74, 6) is 1.26. The fourth-order valence-electron chi connectivity index (χ4n) is 1.72. The SMILES string of the molecule is Cc1nnc(-n2ccnc2C)c(/C(N)=N/O)c1C. The zero-order valence-corrected chi connectivity index (χ0v) is 10.4. The molecule has 3 N–H and O–H groups in total. The molecule has 0 saturated heterocycles. The van der Waals surface area contributed by atoms with E-state index in [1.807, 2.05) is 20.8 Å². The van der Waals surface area contributed by atoms with Crippen LogP contribution in [-0.4, -0.2) is 30.8 Å². The van der Waals surface area contributed by atoms with Crippen molar-refractivity contribution in [1.82, 2.24) is 19.7 Å². The number of hydrogen-bond donors (Lipinski definition) is 2. The molecule has 2 aromatic heterocycles. The Balaban J connectivity index is 2.76. The predicted molar refractivity (Wildman–Crippen MR) is 65.9 cm³/mol. The molecule has 0 fully saturated rings. The molecule has 2 aromatic rings. The van der Waals surface area contributed by atoms with Gasteiger partial charge in [0.1, 0.15) is 5.82 Å². The van der Waals surface area contributed by atoms with Crippen LogP contribution >= 0.6 is 0 Å². The summed E-state index contributed by atoms with van der Waals surface area (Å²) in [6.45, 7) is 5.51. The molecule has 0 amide bonds. The lowest BCUT2D eigenvalue weighted by Gasteiger charge is -2.12. The average Bonchev–Trinajstić information content (AvgIpc) is 2.78. The fraction of sp³-hybridized carbons (Fsp3) is 0.273. The van der Waals surface area contributed by atoms with E-state index in [0.29, 0.717) is 11.4 Å². The van der Waals surface area contributed by atoms with Crippen molar-refractivity contribution >= 4 is 5.84 Å². The number of imidazole rings is 1. The first-order valence-electron chi connectivity index (χ1n) is 5.38. The lowest BCUT2D eigenvalue weighted by Crippen LogP contribution is -2.21. The standard InChI is InChI=1S/C11H14N6O/c1-6-7(2)14-15-11(9(6)10(12)16-18)17-5-4-13-8(17)3/h4-5,18H,1-3H3,(H2,12,16). The lowest BCUT2D eigenvalue weighted by atomic mass is 10.1. The first-order valence-corrected chi connectivity index (χ1v) is 5.38. The molecule has 0 atom stereocenters. The van der Waals surface area contributed by atoms with E-state index in [9.17, 15) is 0 Å². The summed E-state index contributed by atoms with van der Waals surface area (Å²) in [6.07, 6.45) is 3.41. The number of aryl methyl sites for hydroxylation is 2. The van der Waals surface area contributed by atoms with Crippen molar-refractivity contribution in [1.29, 1.82) is 0 Å². The van der Waals surface area contributed by atoms with E-state index < -0.39 is 0 Å². The Morgan fingerprint density at radius 2 is 2.06 bits per heavy atom. The highest BCUT2D eigenvalue weighted by Crippen LogP contribution is 2.18. The highest BCUT2D eigenvalue weighted by Gasteiger charge is 2.17. The molecule has 0 spiro atoms. The number of nitrogens with zero attached hydrogens (tertiary/aromatic N) is 5. The molecule has 0 bridgehead atoms.